The maximum atomic E-state index is 12.6. The predicted octanol–water partition coefficient (Wildman–Crippen LogP) is 0.976. The zero-order valence-corrected chi connectivity index (χ0v) is 17.3. The van der Waals surface area contributed by atoms with Crippen molar-refractivity contribution in [3.8, 4) is 5.75 Å². The minimum atomic E-state index is -1.06. The molecule has 2 amide bonds. The van der Waals surface area contributed by atoms with Crippen LogP contribution in [0.15, 0.2) is 33.5 Å². The summed E-state index contributed by atoms with van der Waals surface area (Å²) in [6.45, 7) is 3.54. The highest BCUT2D eigenvalue weighted by Crippen LogP contribution is 2.50. The number of carbonyl (C=O) groups is 3. The molecule has 30 heavy (non-hydrogen) atoms. The maximum absolute atomic E-state index is 12.6. The van der Waals surface area contributed by atoms with Gasteiger partial charge in [0.2, 0.25) is 11.8 Å². The first-order chi connectivity index (χ1) is 14.1. The quantitative estimate of drug-likeness (QED) is 0.529. The molecule has 4 rings (SSSR count). The fourth-order valence-corrected chi connectivity index (χ4v) is 5.65. The Kier molecular flexibility index (Phi) is 4.76. The summed E-state index contributed by atoms with van der Waals surface area (Å²) in [6, 6.07) is 4.47. The van der Waals surface area contributed by atoms with Crippen LogP contribution >= 0.6 is 11.8 Å². The number of nitrogens with zero attached hydrogens (tertiary/aromatic N) is 1. The van der Waals surface area contributed by atoms with Gasteiger partial charge < -0.3 is 24.5 Å². The number of amides is 2. The number of carboxylic acid groups (broad SMARTS) is 1. The summed E-state index contributed by atoms with van der Waals surface area (Å²) in [6.07, 6.45) is -0.124. The van der Waals surface area contributed by atoms with E-state index in [1.807, 2.05) is 0 Å². The lowest BCUT2D eigenvalue weighted by Gasteiger charge is -2.43. The monoisotopic (exact) mass is 432 g/mol. The van der Waals surface area contributed by atoms with Crippen LogP contribution in [0.25, 0.3) is 11.0 Å². The van der Waals surface area contributed by atoms with E-state index in [2.05, 4.69) is 5.32 Å². The molecular weight excluding hydrogens is 412 g/mol. The first kappa shape index (κ1) is 20.3. The van der Waals surface area contributed by atoms with Gasteiger partial charge in [0.25, 0.3) is 0 Å². The molecule has 2 N–H and O–H groups in total. The Morgan fingerprint density at radius 2 is 2.03 bits per heavy atom. The van der Waals surface area contributed by atoms with Crippen LogP contribution in [0, 0.1) is 0 Å². The van der Waals surface area contributed by atoms with Crippen LogP contribution in [0.5, 0.6) is 5.75 Å². The smallest absolute Gasteiger partial charge is 0.336 e. The highest BCUT2D eigenvalue weighted by atomic mass is 32.2. The van der Waals surface area contributed by atoms with Crippen molar-refractivity contribution < 1.29 is 28.6 Å². The summed E-state index contributed by atoms with van der Waals surface area (Å²) in [7, 11) is 1.49. The first-order valence-electron chi connectivity index (χ1n) is 9.25. The Morgan fingerprint density at radius 3 is 2.70 bits per heavy atom. The van der Waals surface area contributed by atoms with Crippen LogP contribution in [0.1, 0.15) is 19.4 Å². The van der Waals surface area contributed by atoms with E-state index >= 15 is 0 Å². The number of β-lactam (4-membered cyclic amide) rings is 1. The van der Waals surface area contributed by atoms with E-state index in [1.165, 1.54) is 29.8 Å². The van der Waals surface area contributed by atoms with Gasteiger partial charge in [-0.05, 0) is 31.5 Å². The number of hydrogen-bond donors (Lipinski definition) is 2. The second kappa shape index (κ2) is 7.05. The number of carboxylic acids is 1. The lowest BCUT2D eigenvalue weighted by Crippen LogP contribution is -2.70. The number of methoxy groups -OCH3 is 1. The number of ether oxygens (including phenoxy) is 1. The third kappa shape index (κ3) is 3.20. The van der Waals surface area contributed by atoms with E-state index in [9.17, 15) is 24.3 Å². The molecule has 2 aliphatic heterocycles. The second-order valence-electron chi connectivity index (χ2n) is 7.77. The Labute approximate surface area is 175 Å². The van der Waals surface area contributed by atoms with Crippen LogP contribution in [0.2, 0.25) is 0 Å². The van der Waals surface area contributed by atoms with Gasteiger partial charge in [-0.25, -0.2) is 9.59 Å². The topological polar surface area (TPSA) is 126 Å². The number of rotatable bonds is 5. The van der Waals surface area contributed by atoms with Gasteiger partial charge in [-0.2, -0.15) is 0 Å². The highest BCUT2D eigenvalue weighted by Gasteiger charge is 2.64. The molecule has 3 atom stereocenters. The van der Waals surface area contributed by atoms with Crippen molar-refractivity contribution in [3.05, 3.63) is 40.2 Å². The molecule has 0 bridgehead atoms. The lowest BCUT2D eigenvalue weighted by molar-refractivity contribution is -0.161. The molecule has 2 saturated heterocycles. The fraction of sp³-hybridized carbons (Fsp3) is 0.400. The fourth-order valence-electron chi connectivity index (χ4n) is 4.03. The van der Waals surface area contributed by atoms with Crippen molar-refractivity contribution in [3.63, 3.8) is 0 Å². The summed E-state index contributed by atoms with van der Waals surface area (Å²) < 4.78 is 9.64. The zero-order chi connectivity index (χ0) is 21.8. The third-order valence-corrected chi connectivity index (χ3v) is 6.95. The molecule has 1 aromatic heterocycles. The molecule has 9 nitrogen and oxygen atoms in total. The molecule has 10 heteroatoms. The molecule has 0 spiro atoms. The summed E-state index contributed by atoms with van der Waals surface area (Å²) in [5.41, 5.74) is 0.169. The molecule has 0 aliphatic carbocycles. The molecule has 0 radical (unpaired) electrons. The number of fused-ring (bicyclic) bond motifs is 2. The largest absolute Gasteiger partial charge is 0.497 e. The van der Waals surface area contributed by atoms with E-state index in [0.717, 1.165) is 0 Å². The Morgan fingerprint density at radius 1 is 1.30 bits per heavy atom. The van der Waals surface area contributed by atoms with Gasteiger partial charge in [-0.15, -0.1) is 11.8 Å². The van der Waals surface area contributed by atoms with Gasteiger partial charge in [0.15, 0.2) is 0 Å². The van der Waals surface area contributed by atoms with Gasteiger partial charge in [0, 0.05) is 22.3 Å². The van der Waals surface area contributed by atoms with Gasteiger partial charge in [-0.1, -0.05) is 0 Å². The molecule has 2 aliphatic rings. The summed E-state index contributed by atoms with van der Waals surface area (Å²) >= 11 is 1.35. The molecule has 0 saturated carbocycles. The van der Waals surface area contributed by atoms with Crippen molar-refractivity contribution in [1.82, 2.24) is 10.2 Å². The van der Waals surface area contributed by atoms with E-state index in [1.54, 1.807) is 32.0 Å². The number of thioether (sulfide) groups is 1. The molecular formula is C20H20N2O7S. The van der Waals surface area contributed by atoms with Gasteiger partial charge >= 0.3 is 11.6 Å². The summed E-state index contributed by atoms with van der Waals surface area (Å²) in [4.78, 5) is 50.0. The Bertz CT molecular complexity index is 1130. The Hall–Kier alpha value is -3.01. The van der Waals surface area contributed by atoms with Crippen molar-refractivity contribution in [2.45, 2.75) is 42.5 Å². The van der Waals surface area contributed by atoms with Crippen LogP contribution in [0.3, 0.4) is 0 Å². The van der Waals surface area contributed by atoms with Crippen LogP contribution in [-0.2, 0) is 20.8 Å². The summed E-state index contributed by atoms with van der Waals surface area (Å²) in [5.74, 6) is -1.40. The molecule has 2 fully saturated rings. The molecule has 158 valence electrons. The molecule has 1 aromatic carbocycles. The highest BCUT2D eigenvalue weighted by molar-refractivity contribution is 8.01. The molecule has 0 unspecified atom stereocenters. The number of benzene rings is 1. The molecule has 2 aromatic rings. The lowest BCUT2D eigenvalue weighted by atomic mass is 9.96. The maximum Gasteiger partial charge on any atom is 0.336 e. The van der Waals surface area contributed by atoms with Crippen molar-refractivity contribution in [2.24, 2.45) is 0 Å². The minimum absolute atomic E-state index is 0.124. The number of hydrogen-bond acceptors (Lipinski definition) is 7. The summed E-state index contributed by atoms with van der Waals surface area (Å²) in [5, 5.41) is 12.3. The van der Waals surface area contributed by atoms with Gasteiger partial charge in [0.05, 0.1) is 13.5 Å². The number of carbonyl (C=O) groups excluding carboxylic acids is 2. The van der Waals surface area contributed by atoms with Gasteiger partial charge in [-0.3, -0.25) is 9.59 Å². The number of aliphatic carboxylic acids is 1. The second-order valence-corrected chi connectivity index (χ2v) is 9.54. The van der Waals surface area contributed by atoms with Crippen LogP contribution in [0.4, 0.5) is 0 Å². The third-order valence-electron chi connectivity index (χ3n) is 5.38. The number of nitrogens with one attached hydrogen (secondary N) is 1. The van der Waals surface area contributed by atoms with Crippen LogP contribution < -0.4 is 15.7 Å². The van der Waals surface area contributed by atoms with Crippen molar-refractivity contribution in [2.75, 3.05) is 7.11 Å². The normalized spacial score (nSPS) is 24.3. The Balaban J connectivity index is 1.52. The minimum Gasteiger partial charge on any atom is -0.497 e. The van der Waals surface area contributed by atoms with Crippen molar-refractivity contribution >= 4 is 40.5 Å². The zero-order valence-electron chi connectivity index (χ0n) is 16.5. The molecule has 3 heterocycles. The predicted molar refractivity (Wildman–Crippen MR) is 108 cm³/mol. The first-order valence-corrected chi connectivity index (χ1v) is 10.1. The van der Waals surface area contributed by atoms with Crippen LogP contribution in [-0.4, -0.2) is 57.1 Å². The standard InChI is InChI=1S/C20H20N2O7S/c1-20(2)16(19(26)27)22-17(25)15(18(22)30-20)21-13(23)6-9-7-14(24)29-12-8-10(28-3)4-5-11(9)12/h4-5,7-8,15-16,18H,6H2,1-3H3,(H,21,23)(H,26,27)/t15-,16+,18-/m1/s1. The van der Waals surface area contributed by atoms with Gasteiger partial charge in [0.1, 0.15) is 28.8 Å². The van der Waals surface area contributed by atoms with E-state index < -0.39 is 45.6 Å². The average molecular weight is 432 g/mol. The SMILES string of the molecule is COc1ccc2c(CC(=O)N[C@@H]3C(=O)N4[C@@H]3SC(C)(C)[C@@H]4C(=O)O)cc(=O)oc2c1. The average Bonchev–Trinajstić information content (AvgIpc) is 2.93. The van der Waals surface area contributed by atoms with E-state index in [-0.39, 0.29) is 6.42 Å². The van der Waals surface area contributed by atoms with E-state index in [4.69, 9.17) is 9.15 Å². The van der Waals surface area contributed by atoms with Crippen molar-refractivity contribution in [1.29, 1.82) is 0 Å². The van der Waals surface area contributed by atoms with E-state index in [0.29, 0.717) is 22.3 Å².